The Morgan fingerprint density at radius 1 is 1.46 bits per heavy atom. The smallest absolute Gasteiger partial charge is 0.290 e. The number of carbonyl (C=O) groups is 1. The molecule has 1 fully saturated rings. The van der Waals surface area contributed by atoms with Gasteiger partial charge in [0.25, 0.3) is 5.91 Å². The van der Waals surface area contributed by atoms with E-state index in [1.165, 1.54) is 12.8 Å². The number of nitrogens with zero attached hydrogens (tertiary/aromatic N) is 4. The van der Waals surface area contributed by atoms with E-state index in [1.807, 2.05) is 27.8 Å². The second-order valence-electron chi connectivity index (χ2n) is 8.16. The zero-order valence-corrected chi connectivity index (χ0v) is 16.4. The molecule has 0 unspecified atom stereocenters. The standard InChI is InChI=1S/C19H29N5O2/c1-13-7-6-8-24(11-13)12-19(3,4)21-18(25)17-9-16(22-26-17)15-10-20-23(5)14(15)2/h9-10,13H,6-8,11-12H2,1-5H3,(H,21,25)/t13-/m0/s1. The van der Waals surface area contributed by atoms with Gasteiger partial charge in [-0.25, -0.2) is 0 Å². The summed E-state index contributed by atoms with van der Waals surface area (Å²) in [6, 6.07) is 1.68. The van der Waals surface area contributed by atoms with Crippen molar-refractivity contribution in [1.82, 2.24) is 25.2 Å². The topological polar surface area (TPSA) is 76.2 Å². The van der Waals surface area contributed by atoms with Crippen LogP contribution in [0.2, 0.25) is 0 Å². The molecule has 3 heterocycles. The zero-order valence-electron chi connectivity index (χ0n) is 16.4. The normalized spacial score (nSPS) is 18.9. The summed E-state index contributed by atoms with van der Waals surface area (Å²) in [6.07, 6.45) is 4.25. The number of aryl methyl sites for hydroxylation is 1. The average molecular weight is 359 g/mol. The fourth-order valence-corrected chi connectivity index (χ4v) is 3.66. The van der Waals surface area contributed by atoms with E-state index in [0.29, 0.717) is 5.69 Å². The molecular formula is C19H29N5O2. The molecule has 1 saturated heterocycles. The molecule has 0 bridgehead atoms. The first kappa shape index (κ1) is 18.6. The van der Waals surface area contributed by atoms with Gasteiger partial charge in [0.2, 0.25) is 5.76 Å². The Balaban J connectivity index is 1.65. The molecular weight excluding hydrogens is 330 g/mol. The molecule has 0 saturated carbocycles. The van der Waals surface area contributed by atoms with Crippen LogP contribution in [0.1, 0.15) is 49.9 Å². The van der Waals surface area contributed by atoms with Gasteiger partial charge in [-0.1, -0.05) is 12.1 Å². The Morgan fingerprint density at radius 3 is 2.88 bits per heavy atom. The number of amides is 1. The molecule has 26 heavy (non-hydrogen) atoms. The second kappa shape index (κ2) is 7.23. The number of hydrogen-bond donors (Lipinski definition) is 1. The van der Waals surface area contributed by atoms with E-state index in [4.69, 9.17) is 4.52 Å². The Hall–Kier alpha value is -2.15. The first-order valence-corrected chi connectivity index (χ1v) is 9.26. The predicted octanol–water partition coefficient (Wildman–Crippen LogP) is 2.62. The van der Waals surface area contributed by atoms with E-state index in [9.17, 15) is 4.79 Å². The highest BCUT2D eigenvalue weighted by Gasteiger charge is 2.28. The molecule has 1 aliphatic heterocycles. The van der Waals surface area contributed by atoms with E-state index >= 15 is 0 Å². The first-order valence-electron chi connectivity index (χ1n) is 9.26. The minimum atomic E-state index is -0.342. The van der Waals surface area contributed by atoms with Gasteiger partial charge in [-0.15, -0.1) is 0 Å². The molecule has 2 aromatic heterocycles. The molecule has 0 aromatic carbocycles. The molecule has 3 rings (SSSR count). The third kappa shape index (κ3) is 4.15. The van der Waals surface area contributed by atoms with Crippen molar-refractivity contribution in [2.45, 2.75) is 46.1 Å². The van der Waals surface area contributed by atoms with Crippen LogP contribution >= 0.6 is 0 Å². The number of piperidine rings is 1. The molecule has 1 amide bonds. The predicted molar refractivity (Wildman–Crippen MR) is 99.8 cm³/mol. The molecule has 1 N–H and O–H groups in total. The third-order valence-electron chi connectivity index (χ3n) is 5.06. The highest BCUT2D eigenvalue weighted by atomic mass is 16.5. The lowest BCUT2D eigenvalue weighted by Crippen LogP contribution is -2.53. The maximum absolute atomic E-state index is 12.6. The van der Waals surface area contributed by atoms with Crippen molar-refractivity contribution < 1.29 is 9.32 Å². The summed E-state index contributed by atoms with van der Waals surface area (Å²) in [6.45, 7) is 11.3. The van der Waals surface area contributed by atoms with Crippen LogP contribution in [-0.2, 0) is 7.05 Å². The van der Waals surface area contributed by atoms with E-state index < -0.39 is 0 Å². The van der Waals surface area contributed by atoms with Crippen molar-refractivity contribution in [3.8, 4) is 11.3 Å². The van der Waals surface area contributed by atoms with Crippen LogP contribution in [0, 0.1) is 12.8 Å². The minimum Gasteiger partial charge on any atom is -0.350 e. The van der Waals surface area contributed by atoms with Gasteiger partial charge in [-0.2, -0.15) is 5.10 Å². The summed E-state index contributed by atoms with van der Waals surface area (Å²) in [5, 5.41) is 11.3. The summed E-state index contributed by atoms with van der Waals surface area (Å²) in [7, 11) is 1.87. The zero-order chi connectivity index (χ0) is 18.9. The molecule has 1 atom stereocenters. The van der Waals surface area contributed by atoms with Crippen LogP contribution < -0.4 is 5.32 Å². The molecule has 2 aromatic rings. The van der Waals surface area contributed by atoms with Crippen molar-refractivity contribution >= 4 is 5.91 Å². The van der Waals surface area contributed by atoms with E-state index in [2.05, 4.69) is 27.4 Å². The third-order valence-corrected chi connectivity index (χ3v) is 5.06. The van der Waals surface area contributed by atoms with Gasteiger partial charge < -0.3 is 14.7 Å². The Morgan fingerprint density at radius 2 is 2.23 bits per heavy atom. The molecule has 7 heteroatoms. The maximum atomic E-state index is 12.6. The van der Waals surface area contributed by atoms with Crippen LogP contribution in [0.25, 0.3) is 11.3 Å². The van der Waals surface area contributed by atoms with E-state index in [1.54, 1.807) is 16.9 Å². The van der Waals surface area contributed by atoms with Crippen molar-refractivity contribution in [3.05, 3.63) is 23.7 Å². The largest absolute Gasteiger partial charge is 0.350 e. The number of nitrogens with one attached hydrogen (secondary N) is 1. The first-order chi connectivity index (χ1) is 12.2. The van der Waals surface area contributed by atoms with E-state index in [-0.39, 0.29) is 17.2 Å². The van der Waals surface area contributed by atoms with Gasteiger partial charge >= 0.3 is 0 Å². The summed E-state index contributed by atoms with van der Waals surface area (Å²) in [4.78, 5) is 15.0. The van der Waals surface area contributed by atoms with Crippen molar-refractivity contribution in [3.63, 3.8) is 0 Å². The van der Waals surface area contributed by atoms with Crippen LogP contribution in [-0.4, -0.2) is 50.9 Å². The molecule has 0 spiro atoms. The Labute approximate surface area is 154 Å². The number of likely N-dealkylation sites (tertiary alicyclic amines) is 1. The van der Waals surface area contributed by atoms with E-state index in [0.717, 1.165) is 36.8 Å². The number of hydrogen-bond acceptors (Lipinski definition) is 5. The quantitative estimate of drug-likeness (QED) is 0.888. The fourth-order valence-electron chi connectivity index (χ4n) is 3.66. The number of carbonyl (C=O) groups excluding carboxylic acids is 1. The Bertz CT molecular complexity index is 777. The van der Waals surface area contributed by atoms with Crippen molar-refractivity contribution in [2.75, 3.05) is 19.6 Å². The summed E-state index contributed by atoms with van der Waals surface area (Å²) >= 11 is 0. The maximum Gasteiger partial charge on any atom is 0.290 e. The Kier molecular flexibility index (Phi) is 5.18. The van der Waals surface area contributed by atoms with Crippen LogP contribution in [0.3, 0.4) is 0 Å². The number of aromatic nitrogens is 3. The van der Waals surface area contributed by atoms with Crippen molar-refractivity contribution in [2.24, 2.45) is 13.0 Å². The van der Waals surface area contributed by atoms with Gasteiger partial charge in [0, 0.05) is 43.0 Å². The minimum absolute atomic E-state index is 0.225. The fraction of sp³-hybridized carbons (Fsp3) is 0.632. The second-order valence-corrected chi connectivity index (χ2v) is 8.16. The lowest BCUT2D eigenvalue weighted by Gasteiger charge is -2.37. The van der Waals surface area contributed by atoms with Crippen LogP contribution in [0.5, 0.6) is 0 Å². The SMILES string of the molecule is Cc1c(-c2cc(C(=O)NC(C)(C)CN3CCC[C@H](C)C3)on2)cnn1C. The highest BCUT2D eigenvalue weighted by molar-refractivity contribution is 5.92. The monoisotopic (exact) mass is 359 g/mol. The van der Waals surface area contributed by atoms with Gasteiger partial charge in [0.1, 0.15) is 5.69 Å². The highest BCUT2D eigenvalue weighted by Crippen LogP contribution is 2.23. The van der Waals surface area contributed by atoms with Gasteiger partial charge in [-0.3, -0.25) is 9.48 Å². The molecule has 142 valence electrons. The van der Waals surface area contributed by atoms with Crippen LogP contribution in [0.15, 0.2) is 16.8 Å². The van der Waals surface area contributed by atoms with Gasteiger partial charge in [0.05, 0.1) is 6.20 Å². The van der Waals surface area contributed by atoms with Gasteiger partial charge in [0.15, 0.2) is 0 Å². The summed E-state index contributed by atoms with van der Waals surface area (Å²) < 4.78 is 7.06. The van der Waals surface area contributed by atoms with Crippen LogP contribution in [0.4, 0.5) is 0 Å². The van der Waals surface area contributed by atoms with Gasteiger partial charge in [-0.05, 0) is 46.1 Å². The number of rotatable bonds is 5. The average Bonchev–Trinajstić information content (AvgIpc) is 3.14. The lowest BCUT2D eigenvalue weighted by atomic mass is 9.97. The molecule has 0 radical (unpaired) electrons. The van der Waals surface area contributed by atoms with Crippen molar-refractivity contribution in [1.29, 1.82) is 0 Å². The molecule has 7 nitrogen and oxygen atoms in total. The molecule has 1 aliphatic rings. The summed E-state index contributed by atoms with van der Waals surface area (Å²) in [5.41, 5.74) is 2.13. The summed E-state index contributed by atoms with van der Waals surface area (Å²) in [5.74, 6) is 0.707. The molecule has 0 aliphatic carbocycles. The lowest BCUT2D eigenvalue weighted by molar-refractivity contribution is 0.0827.